The van der Waals surface area contributed by atoms with Crippen LogP contribution in [-0.4, -0.2) is 0 Å². The Morgan fingerprint density at radius 1 is 0.486 bits per heavy atom. The smallest absolute Gasteiger partial charge is 0.0158 e. The monoisotopic (exact) mass is 504 g/mol. The van der Waals surface area contributed by atoms with Gasteiger partial charge in [-0.05, 0) is 89.6 Å². The molecule has 0 unspecified atom stereocenters. The Morgan fingerprint density at radius 3 is 1.31 bits per heavy atom. The summed E-state index contributed by atoms with van der Waals surface area (Å²) >= 11 is 3.73. The van der Waals surface area contributed by atoms with Gasteiger partial charge in [-0.3, -0.25) is 0 Å². The normalized spacial score (nSPS) is 11.4. The predicted octanol–water partition coefficient (Wildman–Crippen LogP) is 10.9. The molecule has 0 N–H and O–H groups in total. The van der Waals surface area contributed by atoms with Crippen molar-refractivity contribution in [2.24, 2.45) is 0 Å². The quantitative estimate of drug-likeness (QED) is 0.229. The van der Waals surface area contributed by atoms with Gasteiger partial charge in [0, 0.05) is 29.8 Å². The summed E-state index contributed by atoms with van der Waals surface area (Å²) in [5, 5.41) is 7.19. The lowest BCUT2D eigenvalue weighted by molar-refractivity contribution is 1.31. The van der Waals surface area contributed by atoms with E-state index in [0.717, 1.165) is 0 Å². The fraction of sp³-hybridized carbons (Fsp3) is 0.0625. The van der Waals surface area contributed by atoms with Gasteiger partial charge in [0.1, 0.15) is 0 Å². The van der Waals surface area contributed by atoms with Crippen molar-refractivity contribution in [2.45, 2.75) is 33.4 Å². The zero-order valence-electron chi connectivity index (χ0n) is 19.7. The highest BCUT2D eigenvalue weighted by atomic mass is 32.2. The summed E-state index contributed by atoms with van der Waals surface area (Å²) in [6.45, 7) is 4.52. The summed E-state index contributed by atoms with van der Waals surface area (Å²) in [6.07, 6.45) is 0. The molecule has 0 aliphatic carbocycles. The van der Waals surface area contributed by atoms with Crippen LogP contribution < -0.4 is 0 Å². The zero-order valence-corrected chi connectivity index (χ0v) is 22.3. The first-order valence-electron chi connectivity index (χ1n) is 11.8. The third kappa shape index (κ3) is 4.43. The lowest BCUT2D eigenvalue weighted by Crippen LogP contribution is -1.82. The van der Waals surface area contributed by atoms with Gasteiger partial charge >= 0.3 is 0 Å². The van der Waals surface area contributed by atoms with Crippen molar-refractivity contribution in [3.8, 4) is 5.30 Å². The van der Waals surface area contributed by atoms with Gasteiger partial charge in [-0.15, -0.1) is 0 Å². The maximum absolute atomic E-state index is 2.46. The molecule has 3 heteroatoms. The lowest BCUT2D eigenvalue weighted by Gasteiger charge is -2.08. The maximum Gasteiger partial charge on any atom is 0.0158 e. The molecule has 35 heavy (non-hydrogen) atoms. The van der Waals surface area contributed by atoms with Gasteiger partial charge < -0.3 is 0 Å². The second-order valence-corrected chi connectivity index (χ2v) is 13.2. The van der Waals surface area contributed by atoms with Crippen LogP contribution in [0.25, 0.3) is 26.3 Å². The number of benzene rings is 5. The Morgan fingerprint density at radius 2 is 0.886 bits per heavy atom. The Kier molecular flexibility index (Phi) is 6.20. The van der Waals surface area contributed by atoms with Gasteiger partial charge in [0.25, 0.3) is 0 Å². The van der Waals surface area contributed by atoms with Gasteiger partial charge in [0.05, 0.1) is 0 Å². The van der Waals surface area contributed by atoms with Crippen LogP contribution in [0.5, 0.6) is 0 Å². The van der Waals surface area contributed by atoms with Crippen LogP contribution in [0.3, 0.4) is 0 Å². The van der Waals surface area contributed by atoms with Crippen LogP contribution in [0, 0.1) is 13.8 Å². The topological polar surface area (TPSA) is 0 Å². The van der Waals surface area contributed by atoms with Crippen LogP contribution in [0.15, 0.2) is 135 Å². The highest BCUT2D eigenvalue weighted by Crippen LogP contribution is 2.57. The standard InChI is InChI=1S/C32H25PS2/c1-22-18-29-27(20-31(22)34-25-14-8-4-9-15-25)28-21-32(35-26-16-10-5-11-17-26)23(2)19-30(28)33(29)24-12-6-3-7-13-24/h3-21H,1-2H3. The number of rotatable bonds is 5. The van der Waals surface area contributed by atoms with Gasteiger partial charge in [0.15, 0.2) is 0 Å². The SMILES string of the molecule is Cc1cc2c(cc1Sc1ccccc1)c1cc(Sc3ccccc3)c(C)cc1p2-c1ccccc1. The molecule has 5 aromatic carbocycles. The highest BCUT2D eigenvalue weighted by Gasteiger charge is 2.18. The molecule has 1 heterocycles. The molecule has 0 atom stereocenters. The van der Waals surface area contributed by atoms with Gasteiger partial charge in [-0.25, -0.2) is 0 Å². The average Bonchev–Trinajstić information content (AvgIpc) is 3.18. The zero-order chi connectivity index (χ0) is 23.8. The fourth-order valence-electron chi connectivity index (χ4n) is 4.58. The second kappa shape index (κ2) is 9.63. The Bertz CT molecular complexity index is 1530. The van der Waals surface area contributed by atoms with Crippen molar-refractivity contribution in [1.29, 1.82) is 0 Å². The number of fused-ring (bicyclic) bond motifs is 3. The summed E-state index contributed by atoms with van der Waals surface area (Å²) in [4.78, 5) is 5.24. The molecule has 0 spiro atoms. The highest BCUT2D eigenvalue weighted by molar-refractivity contribution is 7.99. The predicted molar refractivity (Wildman–Crippen MR) is 156 cm³/mol. The molecule has 0 aliphatic rings. The van der Waals surface area contributed by atoms with E-state index in [1.54, 1.807) is 0 Å². The molecule has 0 amide bonds. The molecular formula is C32H25PS2. The molecule has 6 aromatic rings. The van der Waals surface area contributed by atoms with Crippen molar-refractivity contribution < 1.29 is 0 Å². The van der Waals surface area contributed by atoms with Crippen molar-refractivity contribution >= 4 is 52.1 Å². The first kappa shape index (κ1) is 22.6. The molecular weight excluding hydrogens is 479 g/mol. The number of hydrogen-bond donors (Lipinski definition) is 0. The maximum atomic E-state index is 2.46. The Hall–Kier alpha value is -2.90. The van der Waals surface area contributed by atoms with E-state index in [4.69, 9.17) is 0 Å². The lowest BCUT2D eigenvalue weighted by atomic mass is 10.1. The molecule has 0 saturated carbocycles. The summed E-state index contributed by atoms with van der Waals surface area (Å²) in [6, 6.07) is 42.3. The molecule has 0 nitrogen and oxygen atoms in total. The van der Waals surface area contributed by atoms with Crippen molar-refractivity contribution in [3.63, 3.8) is 0 Å². The second-order valence-electron chi connectivity index (χ2n) is 8.77. The van der Waals surface area contributed by atoms with E-state index in [1.807, 2.05) is 23.5 Å². The Labute approximate surface area is 216 Å². The number of hydrogen-bond acceptors (Lipinski definition) is 2. The van der Waals surface area contributed by atoms with Crippen LogP contribution >= 0.6 is 31.1 Å². The molecule has 0 aliphatic heterocycles. The first-order chi connectivity index (χ1) is 17.2. The average molecular weight is 505 g/mol. The van der Waals surface area contributed by atoms with E-state index in [2.05, 4.69) is 129 Å². The summed E-state index contributed by atoms with van der Waals surface area (Å²) in [5.74, 6) is 0. The molecule has 170 valence electrons. The van der Waals surface area contributed by atoms with E-state index < -0.39 is 7.53 Å². The molecule has 0 fully saturated rings. The number of aryl methyl sites for hydroxylation is 2. The third-order valence-corrected chi connectivity index (χ3v) is 11.2. The molecule has 1 aromatic heterocycles. The molecule has 0 bridgehead atoms. The molecule has 6 rings (SSSR count). The van der Waals surface area contributed by atoms with Gasteiger partial charge in [-0.1, -0.05) is 97.8 Å². The van der Waals surface area contributed by atoms with E-state index in [-0.39, 0.29) is 0 Å². The van der Waals surface area contributed by atoms with E-state index in [1.165, 1.54) is 57.0 Å². The van der Waals surface area contributed by atoms with Gasteiger partial charge in [-0.2, -0.15) is 0 Å². The fourth-order valence-corrected chi connectivity index (χ4v) is 9.25. The van der Waals surface area contributed by atoms with E-state index in [0.29, 0.717) is 0 Å². The van der Waals surface area contributed by atoms with Crippen LogP contribution in [0.2, 0.25) is 0 Å². The largest absolute Gasteiger partial charge is 0.0898 e. The molecule has 0 radical (unpaired) electrons. The van der Waals surface area contributed by atoms with E-state index >= 15 is 0 Å². The minimum atomic E-state index is -0.566. The summed E-state index contributed by atoms with van der Waals surface area (Å²) < 4.78 is 0. The third-order valence-electron chi connectivity index (χ3n) is 6.31. The molecule has 0 saturated heterocycles. The van der Waals surface area contributed by atoms with Crippen molar-refractivity contribution in [2.75, 3.05) is 0 Å². The van der Waals surface area contributed by atoms with Crippen molar-refractivity contribution in [3.05, 3.63) is 126 Å². The first-order valence-corrected chi connectivity index (χ1v) is 14.8. The minimum absolute atomic E-state index is 0.566. The van der Waals surface area contributed by atoms with Crippen LogP contribution in [0.4, 0.5) is 0 Å². The summed E-state index contributed by atoms with van der Waals surface area (Å²) in [5.41, 5.74) is 2.70. The van der Waals surface area contributed by atoms with Gasteiger partial charge in [0.2, 0.25) is 0 Å². The van der Waals surface area contributed by atoms with E-state index in [9.17, 15) is 0 Å². The van der Waals surface area contributed by atoms with Crippen LogP contribution in [0.1, 0.15) is 11.1 Å². The van der Waals surface area contributed by atoms with Crippen LogP contribution in [-0.2, 0) is 0 Å². The minimum Gasteiger partial charge on any atom is -0.0898 e. The van der Waals surface area contributed by atoms with Crippen molar-refractivity contribution in [1.82, 2.24) is 0 Å². The summed E-state index contributed by atoms with van der Waals surface area (Å²) in [7, 11) is -0.566. The Balaban J connectivity index is 1.59.